The first-order chi connectivity index (χ1) is 16.6. The van der Waals surface area contributed by atoms with Gasteiger partial charge in [0.15, 0.2) is 5.76 Å². The zero-order valence-electron chi connectivity index (χ0n) is 18.8. The minimum absolute atomic E-state index is 0.124. The Morgan fingerprint density at radius 3 is 2.69 bits per heavy atom. The number of amides is 3. The van der Waals surface area contributed by atoms with Gasteiger partial charge in [-0.25, -0.2) is 9.59 Å². The van der Waals surface area contributed by atoms with E-state index in [4.69, 9.17) is 29.2 Å². The molecule has 1 aromatic rings. The van der Waals surface area contributed by atoms with E-state index in [1.54, 1.807) is 6.07 Å². The van der Waals surface area contributed by atoms with E-state index in [0.29, 0.717) is 0 Å². The number of oxime groups is 1. The molecular formula is C20H22N4O10S. The number of esters is 2. The number of nitrogens with two attached hydrogens (primary N) is 1. The molecule has 0 saturated carbocycles. The first kappa shape index (κ1) is 25.6. The highest BCUT2D eigenvalue weighted by molar-refractivity contribution is 8.00. The summed E-state index contributed by atoms with van der Waals surface area (Å²) in [5, 5.41) is 5.53. The van der Waals surface area contributed by atoms with Gasteiger partial charge < -0.3 is 34.5 Å². The predicted octanol–water partition coefficient (Wildman–Crippen LogP) is -0.168. The fourth-order valence-electron chi connectivity index (χ4n) is 3.32. The van der Waals surface area contributed by atoms with Crippen molar-refractivity contribution in [1.29, 1.82) is 0 Å². The molecular weight excluding hydrogens is 488 g/mol. The summed E-state index contributed by atoms with van der Waals surface area (Å²) in [5.41, 5.74) is 4.89. The number of carbonyl (C=O) groups is 5. The van der Waals surface area contributed by atoms with Gasteiger partial charge in [-0.2, -0.15) is 0 Å². The molecule has 0 aliphatic carbocycles. The zero-order valence-corrected chi connectivity index (χ0v) is 19.7. The second kappa shape index (κ2) is 10.9. The number of primary amides is 1. The Labute approximate surface area is 202 Å². The zero-order chi connectivity index (χ0) is 25.7. The fourth-order valence-corrected chi connectivity index (χ4v) is 4.65. The number of furan rings is 1. The Hall–Kier alpha value is -4.01. The molecule has 3 amide bonds. The summed E-state index contributed by atoms with van der Waals surface area (Å²) in [4.78, 5) is 66.7. The number of hydrogen-bond acceptors (Lipinski definition) is 12. The van der Waals surface area contributed by atoms with Crippen molar-refractivity contribution >= 4 is 47.3 Å². The standard InChI is InChI=1S/C20H22N4O10S/c1-9(25)33-10(2)34-19(28)15-11(7-32-20(21)29)8-35-18-14(17(27)24(15)18)22-16(26)13(23-30-3)12-5-4-6-31-12/h4-6,10,14,18H,7-8H2,1-3H3,(H2,21,29)(H,22,26)/b23-13-/t10-,14-,18-/m0/s1. The van der Waals surface area contributed by atoms with Crippen molar-refractivity contribution in [2.45, 2.75) is 31.6 Å². The quantitative estimate of drug-likeness (QED) is 0.147. The SMILES string of the molecule is CO/N=C(\C(=O)N[C@H]1C(=O)N2C(C(=O)O[C@@H](C)OC(C)=O)=C(COC(N)=O)CS[C@@H]12)c1ccco1. The van der Waals surface area contributed by atoms with Crippen LogP contribution in [0.25, 0.3) is 0 Å². The summed E-state index contributed by atoms with van der Waals surface area (Å²) in [5.74, 6) is -2.75. The monoisotopic (exact) mass is 510 g/mol. The number of hydrogen-bond donors (Lipinski definition) is 2. The fraction of sp³-hybridized carbons (Fsp3) is 0.400. The van der Waals surface area contributed by atoms with Crippen molar-refractivity contribution < 1.29 is 47.4 Å². The van der Waals surface area contributed by atoms with Gasteiger partial charge in [-0.15, -0.1) is 11.8 Å². The van der Waals surface area contributed by atoms with Crippen LogP contribution in [0.15, 0.2) is 39.2 Å². The van der Waals surface area contributed by atoms with Crippen LogP contribution in [0.3, 0.4) is 0 Å². The molecule has 3 N–H and O–H groups in total. The van der Waals surface area contributed by atoms with Crippen LogP contribution in [0.2, 0.25) is 0 Å². The van der Waals surface area contributed by atoms with Gasteiger partial charge in [-0.1, -0.05) is 5.16 Å². The Morgan fingerprint density at radius 2 is 2.09 bits per heavy atom. The van der Waals surface area contributed by atoms with Crippen molar-refractivity contribution in [3.63, 3.8) is 0 Å². The van der Waals surface area contributed by atoms with Gasteiger partial charge in [0.2, 0.25) is 12.0 Å². The van der Waals surface area contributed by atoms with Gasteiger partial charge in [0, 0.05) is 25.2 Å². The topological polar surface area (TPSA) is 189 Å². The molecule has 2 aliphatic heterocycles. The van der Waals surface area contributed by atoms with Gasteiger partial charge in [0.1, 0.15) is 30.8 Å². The highest BCUT2D eigenvalue weighted by Crippen LogP contribution is 2.41. The third-order valence-corrected chi connectivity index (χ3v) is 6.01. The predicted molar refractivity (Wildman–Crippen MR) is 117 cm³/mol. The maximum atomic E-state index is 13.0. The summed E-state index contributed by atoms with van der Waals surface area (Å²) >= 11 is 1.21. The van der Waals surface area contributed by atoms with Crippen LogP contribution >= 0.6 is 11.8 Å². The summed E-state index contributed by atoms with van der Waals surface area (Å²) in [6, 6.07) is 2.03. The number of thioether (sulfide) groups is 1. The van der Waals surface area contributed by atoms with E-state index >= 15 is 0 Å². The number of fused-ring (bicyclic) bond motifs is 1. The lowest BCUT2D eigenvalue weighted by Crippen LogP contribution is -2.71. The molecule has 0 radical (unpaired) electrons. The average Bonchev–Trinajstić information content (AvgIpc) is 3.32. The average molecular weight is 510 g/mol. The van der Waals surface area contributed by atoms with Gasteiger partial charge in [-0.3, -0.25) is 19.3 Å². The third kappa shape index (κ3) is 5.74. The molecule has 3 atom stereocenters. The number of carbonyl (C=O) groups excluding carboxylic acids is 5. The molecule has 3 rings (SSSR count). The molecule has 1 fully saturated rings. The van der Waals surface area contributed by atoms with Gasteiger partial charge in [0.05, 0.1) is 6.26 Å². The number of nitrogens with zero attached hydrogens (tertiary/aromatic N) is 2. The maximum Gasteiger partial charge on any atom is 0.404 e. The summed E-state index contributed by atoms with van der Waals surface area (Å²) < 4.78 is 19.9. The third-order valence-electron chi connectivity index (χ3n) is 4.67. The number of ether oxygens (including phenoxy) is 3. The van der Waals surface area contributed by atoms with Gasteiger partial charge >= 0.3 is 18.0 Å². The highest BCUT2D eigenvalue weighted by Gasteiger charge is 2.55. The molecule has 14 nitrogen and oxygen atoms in total. The van der Waals surface area contributed by atoms with E-state index in [1.165, 1.54) is 38.1 Å². The Morgan fingerprint density at radius 1 is 1.34 bits per heavy atom. The van der Waals surface area contributed by atoms with E-state index in [9.17, 15) is 24.0 Å². The van der Waals surface area contributed by atoms with E-state index in [1.807, 2.05) is 0 Å². The molecule has 1 saturated heterocycles. The van der Waals surface area contributed by atoms with Gasteiger partial charge in [-0.05, 0) is 12.1 Å². The summed E-state index contributed by atoms with van der Waals surface area (Å²) in [7, 11) is 1.25. The molecule has 0 unspecified atom stereocenters. The first-order valence-corrected chi connectivity index (χ1v) is 11.1. The van der Waals surface area contributed by atoms with Crippen molar-refractivity contribution in [1.82, 2.24) is 10.2 Å². The minimum atomic E-state index is -1.24. The lowest BCUT2D eigenvalue weighted by Gasteiger charge is -2.49. The number of rotatable bonds is 9. The second-order valence-electron chi connectivity index (χ2n) is 7.10. The Bertz CT molecular complexity index is 1080. The maximum absolute atomic E-state index is 13.0. The van der Waals surface area contributed by atoms with Crippen LogP contribution in [0.4, 0.5) is 4.79 Å². The van der Waals surface area contributed by atoms with Crippen LogP contribution in [0.5, 0.6) is 0 Å². The van der Waals surface area contributed by atoms with Crippen LogP contribution in [-0.4, -0.2) is 77.6 Å². The highest BCUT2D eigenvalue weighted by atomic mass is 32.2. The van der Waals surface area contributed by atoms with Crippen molar-refractivity contribution in [2.24, 2.45) is 10.9 Å². The van der Waals surface area contributed by atoms with E-state index in [-0.39, 0.29) is 35.1 Å². The molecule has 0 spiro atoms. The summed E-state index contributed by atoms with van der Waals surface area (Å²) in [6.45, 7) is 2.09. The Balaban J connectivity index is 1.80. The van der Waals surface area contributed by atoms with E-state index < -0.39 is 47.6 Å². The van der Waals surface area contributed by atoms with Crippen LogP contribution in [0.1, 0.15) is 19.6 Å². The van der Waals surface area contributed by atoms with Crippen molar-refractivity contribution in [3.05, 3.63) is 35.4 Å². The molecule has 0 aromatic carbocycles. The summed E-state index contributed by atoms with van der Waals surface area (Å²) in [6.07, 6.45) is -0.976. The lowest BCUT2D eigenvalue weighted by atomic mass is 10.0. The smallest absolute Gasteiger partial charge is 0.404 e. The Kier molecular flexibility index (Phi) is 8.01. The number of nitrogens with one attached hydrogen (secondary N) is 1. The van der Waals surface area contributed by atoms with E-state index in [0.717, 1.165) is 11.8 Å². The number of β-lactam (4-membered cyclic amide) rings is 1. The van der Waals surface area contributed by atoms with Crippen LogP contribution in [0, 0.1) is 0 Å². The normalized spacial score (nSPS) is 20.3. The molecule has 15 heteroatoms. The van der Waals surface area contributed by atoms with E-state index in [2.05, 4.69) is 10.5 Å². The second-order valence-corrected chi connectivity index (χ2v) is 8.21. The first-order valence-electron chi connectivity index (χ1n) is 10.1. The molecule has 1 aromatic heterocycles. The van der Waals surface area contributed by atoms with Crippen molar-refractivity contribution in [2.75, 3.05) is 19.5 Å². The molecule has 188 valence electrons. The molecule has 0 bridgehead atoms. The van der Waals surface area contributed by atoms with Crippen molar-refractivity contribution in [3.8, 4) is 0 Å². The van der Waals surface area contributed by atoms with Crippen LogP contribution in [-0.2, 0) is 38.2 Å². The largest absolute Gasteiger partial charge is 0.462 e. The molecule has 3 heterocycles. The lowest BCUT2D eigenvalue weighted by molar-refractivity contribution is -0.182. The van der Waals surface area contributed by atoms with Gasteiger partial charge in [0.25, 0.3) is 11.8 Å². The molecule has 35 heavy (non-hydrogen) atoms. The van der Waals surface area contributed by atoms with Crippen LogP contribution < -0.4 is 11.1 Å². The minimum Gasteiger partial charge on any atom is -0.462 e. The molecule has 2 aliphatic rings.